The van der Waals surface area contributed by atoms with Crippen LogP contribution in [0.15, 0.2) is 36.5 Å². The molecule has 0 bridgehead atoms. The maximum atomic E-state index is 5.70. The Kier molecular flexibility index (Phi) is 5.47. The van der Waals surface area contributed by atoms with E-state index < -0.39 is 0 Å². The molecule has 3 rings (SSSR count). The lowest BCUT2D eigenvalue weighted by Gasteiger charge is -2.17. The van der Waals surface area contributed by atoms with Crippen molar-refractivity contribution in [1.29, 1.82) is 0 Å². The number of aromatic nitrogens is 2. The van der Waals surface area contributed by atoms with E-state index >= 15 is 0 Å². The number of benzene rings is 1. The summed E-state index contributed by atoms with van der Waals surface area (Å²) in [6.45, 7) is 2.99. The van der Waals surface area contributed by atoms with Crippen LogP contribution in [0.2, 0.25) is 0 Å². The van der Waals surface area contributed by atoms with Crippen LogP contribution >= 0.6 is 0 Å². The van der Waals surface area contributed by atoms with Crippen molar-refractivity contribution in [3.63, 3.8) is 0 Å². The Labute approximate surface area is 139 Å². The second-order valence-corrected chi connectivity index (χ2v) is 6.56. The van der Waals surface area contributed by atoms with Crippen LogP contribution in [0.1, 0.15) is 31.2 Å². The predicted molar refractivity (Wildman–Crippen MR) is 93.2 cm³/mol. The summed E-state index contributed by atoms with van der Waals surface area (Å²) in [6, 6.07) is 10.4. The van der Waals surface area contributed by atoms with Gasteiger partial charge in [0.1, 0.15) is 0 Å². The van der Waals surface area contributed by atoms with Crippen LogP contribution in [0.25, 0.3) is 11.3 Å². The standard InChI is InChI=1S/C19H27N3O/c1-21(12-6-10-18-11-7-13-23-18)14-17-15-22(2)20-19(17)16-8-4-3-5-9-16/h3-5,8-9,15,18H,6-7,10-14H2,1-2H3/t18-/m1/s1. The van der Waals surface area contributed by atoms with E-state index in [0.29, 0.717) is 6.10 Å². The van der Waals surface area contributed by atoms with Crippen LogP contribution < -0.4 is 0 Å². The summed E-state index contributed by atoms with van der Waals surface area (Å²) in [5.41, 5.74) is 3.58. The van der Waals surface area contributed by atoms with E-state index in [1.807, 2.05) is 17.8 Å². The van der Waals surface area contributed by atoms with E-state index in [2.05, 4.69) is 47.5 Å². The Balaban J connectivity index is 1.56. The number of ether oxygens (including phenoxy) is 1. The van der Waals surface area contributed by atoms with Gasteiger partial charge in [-0.15, -0.1) is 0 Å². The highest BCUT2D eigenvalue weighted by Gasteiger charge is 2.16. The lowest BCUT2D eigenvalue weighted by Crippen LogP contribution is -2.20. The van der Waals surface area contributed by atoms with Crippen LogP contribution in [0.5, 0.6) is 0 Å². The highest BCUT2D eigenvalue weighted by molar-refractivity contribution is 5.62. The smallest absolute Gasteiger partial charge is 0.0968 e. The molecule has 0 spiro atoms. The molecule has 2 aromatic rings. The molecular formula is C19H27N3O. The summed E-state index contributed by atoms with van der Waals surface area (Å²) in [5.74, 6) is 0. The minimum atomic E-state index is 0.502. The van der Waals surface area contributed by atoms with Crippen LogP contribution in [-0.2, 0) is 18.3 Å². The molecule has 1 saturated heterocycles. The Hall–Kier alpha value is -1.65. The Morgan fingerprint density at radius 1 is 1.30 bits per heavy atom. The van der Waals surface area contributed by atoms with Crippen molar-refractivity contribution in [3.8, 4) is 11.3 Å². The highest BCUT2D eigenvalue weighted by atomic mass is 16.5. The van der Waals surface area contributed by atoms with Gasteiger partial charge in [0.2, 0.25) is 0 Å². The van der Waals surface area contributed by atoms with Gasteiger partial charge in [-0.3, -0.25) is 4.68 Å². The maximum Gasteiger partial charge on any atom is 0.0968 e. The van der Waals surface area contributed by atoms with Gasteiger partial charge in [0.05, 0.1) is 11.8 Å². The predicted octanol–water partition coefficient (Wildman–Crippen LogP) is 3.48. The number of hydrogen-bond acceptors (Lipinski definition) is 3. The quantitative estimate of drug-likeness (QED) is 0.784. The summed E-state index contributed by atoms with van der Waals surface area (Å²) < 4.78 is 7.62. The fourth-order valence-corrected chi connectivity index (χ4v) is 3.32. The molecule has 124 valence electrons. The molecule has 0 aliphatic carbocycles. The zero-order chi connectivity index (χ0) is 16.1. The van der Waals surface area contributed by atoms with Gasteiger partial charge in [-0.25, -0.2) is 0 Å². The normalized spacial score (nSPS) is 18.0. The number of aryl methyl sites for hydroxylation is 1. The maximum absolute atomic E-state index is 5.70. The van der Waals surface area contributed by atoms with Crippen molar-refractivity contribution >= 4 is 0 Å². The van der Waals surface area contributed by atoms with Crippen molar-refractivity contribution in [2.24, 2.45) is 7.05 Å². The molecule has 1 aromatic carbocycles. The van der Waals surface area contributed by atoms with E-state index in [0.717, 1.165) is 25.4 Å². The second kappa shape index (κ2) is 7.75. The molecule has 0 N–H and O–H groups in total. The van der Waals surface area contributed by atoms with Crippen molar-refractivity contribution in [3.05, 3.63) is 42.1 Å². The minimum absolute atomic E-state index is 0.502. The average molecular weight is 313 g/mol. The molecule has 2 heterocycles. The largest absolute Gasteiger partial charge is 0.378 e. The topological polar surface area (TPSA) is 30.3 Å². The summed E-state index contributed by atoms with van der Waals surface area (Å²) in [6.07, 6.45) is 7.49. The first-order chi connectivity index (χ1) is 11.2. The van der Waals surface area contributed by atoms with Crippen LogP contribution in [0, 0.1) is 0 Å². The molecule has 0 unspecified atom stereocenters. The molecule has 0 saturated carbocycles. The number of nitrogens with zero attached hydrogens (tertiary/aromatic N) is 3. The van der Waals surface area contributed by atoms with Crippen molar-refractivity contribution < 1.29 is 4.74 Å². The Morgan fingerprint density at radius 3 is 2.87 bits per heavy atom. The molecule has 1 fully saturated rings. The first kappa shape index (κ1) is 16.2. The third-order valence-electron chi connectivity index (χ3n) is 4.48. The molecule has 0 amide bonds. The molecular weight excluding hydrogens is 286 g/mol. The molecule has 1 atom stereocenters. The summed E-state index contributed by atoms with van der Waals surface area (Å²) in [7, 11) is 4.19. The number of hydrogen-bond donors (Lipinski definition) is 0. The van der Waals surface area contributed by atoms with E-state index in [1.165, 1.54) is 36.8 Å². The molecule has 23 heavy (non-hydrogen) atoms. The van der Waals surface area contributed by atoms with E-state index in [-0.39, 0.29) is 0 Å². The Bertz CT molecular complexity index is 602. The van der Waals surface area contributed by atoms with Crippen LogP contribution in [0.3, 0.4) is 0 Å². The Morgan fingerprint density at radius 2 is 2.13 bits per heavy atom. The first-order valence-electron chi connectivity index (χ1n) is 8.60. The van der Waals surface area contributed by atoms with Crippen molar-refractivity contribution in [1.82, 2.24) is 14.7 Å². The summed E-state index contributed by atoms with van der Waals surface area (Å²) >= 11 is 0. The van der Waals surface area contributed by atoms with Gasteiger partial charge in [0.15, 0.2) is 0 Å². The first-order valence-corrected chi connectivity index (χ1v) is 8.60. The van der Waals surface area contributed by atoms with Crippen molar-refractivity contribution in [2.45, 2.75) is 38.3 Å². The molecule has 1 aromatic heterocycles. The van der Waals surface area contributed by atoms with E-state index in [1.54, 1.807) is 0 Å². The lowest BCUT2D eigenvalue weighted by molar-refractivity contribution is 0.0995. The molecule has 0 radical (unpaired) electrons. The van der Waals surface area contributed by atoms with Gasteiger partial charge in [-0.1, -0.05) is 30.3 Å². The fraction of sp³-hybridized carbons (Fsp3) is 0.526. The number of rotatable bonds is 7. The zero-order valence-corrected chi connectivity index (χ0v) is 14.2. The average Bonchev–Trinajstić information content (AvgIpc) is 3.18. The molecule has 4 nitrogen and oxygen atoms in total. The third-order valence-corrected chi connectivity index (χ3v) is 4.48. The second-order valence-electron chi connectivity index (χ2n) is 6.56. The lowest BCUT2D eigenvalue weighted by atomic mass is 10.1. The minimum Gasteiger partial charge on any atom is -0.378 e. The van der Waals surface area contributed by atoms with Gasteiger partial charge in [0, 0.05) is 37.5 Å². The van der Waals surface area contributed by atoms with Gasteiger partial charge in [-0.05, 0) is 39.3 Å². The molecule has 4 heteroatoms. The summed E-state index contributed by atoms with van der Waals surface area (Å²) in [5, 5.41) is 4.65. The van der Waals surface area contributed by atoms with E-state index in [4.69, 9.17) is 4.74 Å². The van der Waals surface area contributed by atoms with Gasteiger partial charge in [-0.2, -0.15) is 5.10 Å². The van der Waals surface area contributed by atoms with E-state index in [9.17, 15) is 0 Å². The third kappa shape index (κ3) is 4.43. The zero-order valence-electron chi connectivity index (χ0n) is 14.2. The fourth-order valence-electron chi connectivity index (χ4n) is 3.32. The molecule has 1 aliphatic heterocycles. The van der Waals surface area contributed by atoms with Crippen molar-refractivity contribution in [2.75, 3.05) is 20.2 Å². The SMILES string of the molecule is CN(CCC[C@@H]1CCCO1)Cc1cn(C)nc1-c1ccccc1. The van der Waals surface area contributed by atoms with Gasteiger partial charge < -0.3 is 9.64 Å². The van der Waals surface area contributed by atoms with Gasteiger partial charge in [0.25, 0.3) is 0 Å². The molecule has 1 aliphatic rings. The highest BCUT2D eigenvalue weighted by Crippen LogP contribution is 2.23. The monoisotopic (exact) mass is 313 g/mol. The van der Waals surface area contributed by atoms with Crippen LogP contribution in [-0.4, -0.2) is 41.0 Å². The van der Waals surface area contributed by atoms with Gasteiger partial charge >= 0.3 is 0 Å². The summed E-state index contributed by atoms with van der Waals surface area (Å²) in [4.78, 5) is 2.39. The van der Waals surface area contributed by atoms with Crippen LogP contribution in [0.4, 0.5) is 0 Å².